The third kappa shape index (κ3) is 1.63. The van der Waals surface area contributed by atoms with Crippen LogP contribution in [0.4, 0.5) is 0 Å². The van der Waals surface area contributed by atoms with Gasteiger partial charge in [-0.2, -0.15) is 5.01 Å². The van der Waals surface area contributed by atoms with Crippen molar-refractivity contribution in [3.63, 3.8) is 0 Å². The second-order valence-electron chi connectivity index (χ2n) is 6.84. The molecule has 2 saturated carbocycles. The van der Waals surface area contributed by atoms with E-state index in [1.165, 1.54) is 12.4 Å². The molecule has 2 heterocycles. The summed E-state index contributed by atoms with van der Waals surface area (Å²) in [6.07, 6.45) is 8.35. The number of nitrogens with zero attached hydrogens (tertiary/aromatic N) is 2. The Morgan fingerprint density at radius 3 is 2.17 bits per heavy atom. The van der Waals surface area contributed by atoms with Crippen molar-refractivity contribution in [2.24, 2.45) is 35.5 Å². The standard InChI is InChI=1S/C17H15N3O3/c21-15(8-3-5-18-6-4-8)19-20-16(22)13-9-1-2-10(12-7-11(9)12)14(13)17(20)23/h1-6,9-14H,7H2,(H,19,21)/t9-,10+,11+,12-,13-,14+. The van der Waals surface area contributed by atoms with Crippen molar-refractivity contribution in [2.45, 2.75) is 6.42 Å². The molecule has 6 rings (SSSR count). The van der Waals surface area contributed by atoms with Crippen molar-refractivity contribution in [1.29, 1.82) is 0 Å². The summed E-state index contributed by atoms with van der Waals surface area (Å²) >= 11 is 0. The average molecular weight is 309 g/mol. The van der Waals surface area contributed by atoms with Gasteiger partial charge in [0.05, 0.1) is 11.8 Å². The number of nitrogens with one attached hydrogen (secondary N) is 1. The molecule has 3 fully saturated rings. The van der Waals surface area contributed by atoms with Crippen LogP contribution in [0.3, 0.4) is 0 Å². The average Bonchev–Trinajstić information content (AvgIpc) is 3.37. The number of rotatable bonds is 2. The van der Waals surface area contributed by atoms with Gasteiger partial charge < -0.3 is 0 Å². The lowest BCUT2D eigenvalue weighted by Crippen LogP contribution is -2.46. The van der Waals surface area contributed by atoms with E-state index in [2.05, 4.69) is 22.6 Å². The predicted molar refractivity (Wildman–Crippen MR) is 78.3 cm³/mol. The minimum atomic E-state index is -0.460. The van der Waals surface area contributed by atoms with Crippen LogP contribution in [0.15, 0.2) is 36.7 Å². The fourth-order valence-corrected chi connectivity index (χ4v) is 4.74. The van der Waals surface area contributed by atoms with Crippen molar-refractivity contribution in [2.75, 3.05) is 0 Å². The molecule has 6 heteroatoms. The van der Waals surface area contributed by atoms with E-state index in [9.17, 15) is 14.4 Å². The number of pyridine rings is 1. The van der Waals surface area contributed by atoms with Crippen LogP contribution in [-0.2, 0) is 9.59 Å². The topological polar surface area (TPSA) is 79.4 Å². The van der Waals surface area contributed by atoms with Crippen molar-refractivity contribution in [3.8, 4) is 0 Å². The first kappa shape index (κ1) is 13.0. The highest BCUT2D eigenvalue weighted by Gasteiger charge is 2.67. The second-order valence-corrected chi connectivity index (χ2v) is 6.84. The maximum Gasteiger partial charge on any atom is 0.270 e. The molecule has 0 radical (unpaired) electrons. The van der Waals surface area contributed by atoms with E-state index in [0.29, 0.717) is 17.4 Å². The van der Waals surface area contributed by atoms with Crippen LogP contribution in [0.2, 0.25) is 0 Å². The molecular formula is C17H15N3O3. The first-order valence-corrected chi connectivity index (χ1v) is 7.94. The fourth-order valence-electron chi connectivity index (χ4n) is 4.74. The summed E-state index contributed by atoms with van der Waals surface area (Å²) in [5.74, 6) is -0.128. The molecule has 0 spiro atoms. The van der Waals surface area contributed by atoms with Gasteiger partial charge in [0, 0.05) is 18.0 Å². The Labute approximate surface area is 132 Å². The molecular weight excluding hydrogens is 294 g/mol. The Bertz CT molecular complexity index is 724. The molecule has 1 saturated heterocycles. The van der Waals surface area contributed by atoms with Gasteiger partial charge in [0.25, 0.3) is 17.7 Å². The van der Waals surface area contributed by atoms with E-state index >= 15 is 0 Å². The number of carbonyl (C=O) groups excluding carboxylic acids is 3. The van der Waals surface area contributed by atoms with E-state index in [1.807, 2.05) is 0 Å². The normalized spacial score (nSPS) is 39.2. The summed E-state index contributed by atoms with van der Waals surface area (Å²) in [6.45, 7) is 0. The predicted octanol–water partition coefficient (Wildman–Crippen LogP) is 0.779. The molecule has 3 amide bonds. The van der Waals surface area contributed by atoms with Crippen LogP contribution >= 0.6 is 0 Å². The van der Waals surface area contributed by atoms with Crippen LogP contribution in [-0.4, -0.2) is 27.7 Å². The number of carbonyl (C=O) groups is 3. The van der Waals surface area contributed by atoms with Gasteiger partial charge in [-0.05, 0) is 42.2 Å². The molecule has 2 bridgehead atoms. The summed E-state index contributed by atoms with van der Waals surface area (Å²) in [6, 6.07) is 3.10. The van der Waals surface area contributed by atoms with Crippen molar-refractivity contribution in [1.82, 2.24) is 15.4 Å². The minimum Gasteiger partial charge on any atom is -0.272 e. The summed E-state index contributed by atoms with van der Waals surface area (Å²) in [4.78, 5) is 41.5. The number of amides is 3. The van der Waals surface area contributed by atoms with Crippen LogP contribution in [0, 0.1) is 35.5 Å². The summed E-state index contributed by atoms with van der Waals surface area (Å²) < 4.78 is 0. The Morgan fingerprint density at radius 2 is 1.61 bits per heavy atom. The van der Waals surface area contributed by atoms with E-state index in [1.54, 1.807) is 12.1 Å². The van der Waals surface area contributed by atoms with E-state index < -0.39 is 5.91 Å². The van der Waals surface area contributed by atoms with Gasteiger partial charge in [-0.25, -0.2) is 0 Å². The maximum absolute atomic E-state index is 12.7. The van der Waals surface area contributed by atoms with E-state index in [4.69, 9.17) is 0 Å². The van der Waals surface area contributed by atoms with Gasteiger partial charge in [-0.1, -0.05) is 12.2 Å². The van der Waals surface area contributed by atoms with Crippen LogP contribution in [0.1, 0.15) is 16.8 Å². The molecule has 23 heavy (non-hydrogen) atoms. The third-order valence-corrected chi connectivity index (χ3v) is 5.82. The highest BCUT2D eigenvalue weighted by molar-refractivity contribution is 6.08. The smallest absolute Gasteiger partial charge is 0.270 e. The largest absolute Gasteiger partial charge is 0.272 e. The highest BCUT2D eigenvalue weighted by atomic mass is 16.2. The lowest BCUT2D eigenvalue weighted by atomic mass is 9.63. The summed E-state index contributed by atoms with van der Waals surface area (Å²) in [5.41, 5.74) is 2.86. The minimum absolute atomic E-state index is 0.161. The molecule has 1 aliphatic heterocycles. The molecule has 0 aromatic carbocycles. The Hall–Kier alpha value is -2.50. The highest BCUT2D eigenvalue weighted by Crippen LogP contribution is 2.65. The summed E-state index contributed by atoms with van der Waals surface area (Å²) in [7, 11) is 0. The zero-order valence-corrected chi connectivity index (χ0v) is 12.3. The number of imide groups is 1. The number of aromatic nitrogens is 1. The van der Waals surface area contributed by atoms with Crippen LogP contribution < -0.4 is 5.43 Å². The molecule has 1 aromatic heterocycles. The van der Waals surface area contributed by atoms with Gasteiger partial charge >= 0.3 is 0 Å². The third-order valence-electron chi connectivity index (χ3n) is 5.82. The molecule has 0 unspecified atom stereocenters. The van der Waals surface area contributed by atoms with Crippen molar-refractivity contribution in [3.05, 3.63) is 42.2 Å². The number of hydrazine groups is 1. The molecule has 6 atom stereocenters. The van der Waals surface area contributed by atoms with E-state index in [0.717, 1.165) is 11.4 Å². The lowest BCUT2D eigenvalue weighted by Gasteiger charge is -2.37. The number of hydrogen-bond donors (Lipinski definition) is 1. The lowest BCUT2D eigenvalue weighted by molar-refractivity contribution is -0.143. The molecule has 1 N–H and O–H groups in total. The Balaban J connectivity index is 1.42. The van der Waals surface area contributed by atoms with Gasteiger partial charge in [-0.15, -0.1) is 0 Å². The molecule has 116 valence electrons. The molecule has 4 aliphatic carbocycles. The van der Waals surface area contributed by atoms with Crippen molar-refractivity contribution < 1.29 is 14.4 Å². The monoisotopic (exact) mass is 309 g/mol. The van der Waals surface area contributed by atoms with Gasteiger partial charge in [0.15, 0.2) is 0 Å². The zero-order chi connectivity index (χ0) is 15.7. The van der Waals surface area contributed by atoms with Gasteiger partial charge in [-0.3, -0.25) is 24.8 Å². The Morgan fingerprint density at radius 1 is 1.04 bits per heavy atom. The molecule has 6 nitrogen and oxygen atoms in total. The molecule has 1 aromatic rings. The maximum atomic E-state index is 12.7. The summed E-state index contributed by atoms with van der Waals surface area (Å²) in [5, 5.41) is 0.954. The number of allylic oxidation sites excluding steroid dienone is 2. The van der Waals surface area contributed by atoms with Crippen LogP contribution in [0.25, 0.3) is 0 Å². The van der Waals surface area contributed by atoms with Gasteiger partial charge in [0.2, 0.25) is 0 Å². The van der Waals surface area contributed by atoms with Crippen LogP contribution in [0.5, 0.6) is 0 Å². The first-order chi connectivity index (χ1) is 11.2. The van der Waals surface area contributed by atoms with E-state index in [-0.39, 0.29) is 35.5 Å². The second kappa shape index (κ2) is 4.28. The quantitative estimate of drug-likeness (QED) is 0.647. The van der Waals surface area contributed by atoms with Crippen molar-refractivity contribution >= 4 is 17.7 Å². The van der Waals surface area contributed by atoms with Gasteiger partial charge in [0.1, 0.15) is 0 Å². The zero-order valence-electron chi connectivity index (χ0n) is 12.3. The number of hydrogen-bond acceptors (Lipinski definition) is 4. The first-order valence-electron chi connectivity index (χ1n) is 7.94. The fraction of sp³-hybridized carbons (Fsp3) is 0.412. The Kier molecular flexibility index (Phi) is 2.42. The molecule has 5 aliphatic rings. The SMILES string of the molecule is O=C(NN1C(=O)[C@@H]2[C@@H]3C=C[C@@H]([C@H]4C[C@@H]34)[C@@H]2C1=O)c1ccncc1.